The molecule has 5 nitrogen and oxygen atoms in total. The highest BCUT2D eigenvalue weighted by Crippen LogP contribution is 2.16. The van der Waals surface area contributed by atoms with Crippen LogP contribution in [-0.2, 0) is 9.53 Å². The molecule has 0 heterocycles. The van der Waals surface area contributed by atoms with Crippen LogP contribution in [0.3, 0.4) is 0 Å². The molecule has 1 atom stereocenters. The maximum atomic E-state index is 13.3. The predicted octanol–water partition coefficient (Wildman–Crippen LogP) is 2.06. The average Bonchev–Trinajstić information content (AvgIpc) is 2.40. The molecule has 0 radical (unpaired) electrons. The van der Waals surface area contributed by atoms with E-state index in [4.69, 9.17) is 0 Å². The number of halogens is 1. The van der Waals surface area contributed by atoms with Crippen LogP contribution in [0.25, 0.3) is 0 Å². The summed E-state index contributed by atoms with van der Waals surface area (Å²) in [6.07, 6.45) is 0. The van der Waals surface area contributed by atoms with Crippen molar-refractivity contribution in [1.29, 1.82) is 0 Å². The van der Waals surface area contributed by atoms with Crippen LogP contribution in [-0.4, -0.2) is 25.7 Å². The Bertz CT molecular complexity index is 477. The van der Waals surface area contributed by atoms with E-state index in [0.717, 1.165) is 0 Å². The molecule has 0 unspecified atom stereocenters. The third kappa shape index (κ3) is 4.24. The molecule has 1 aromatic carbocycles. The van der Waals surface area contributed by atoms with Crippen LogP contribution in [0.2, 0.25) is 0 Å². The summed E-state index contributed by atoms with van der Waals surface area (Å²) in [5, 5.41) is 5.04. The molecule has 0 aliphatic heterocycles. The number of esters is 1. The minimum Gasteiger partial charge on any atom is -0.469 e. The number of amides is 2. The Labute approximate surface area is 111 Å². The van der Waals surface area contributed by atoms with Crippen molar-refractivity contribution in [1.82, 2.24) is 5.32 Å². The van der Waals surface area contributed by atoms with Gasteiger partial charge in [0.1, 0.15) is 5.82 Å². The van der Waals surface area contributed by atoms with E-state index >= 15 is 0 Å². The van der Waals surface area contributed by atoms with Crippen molar-refractivity contribution in [3.05, 3.63) is 29.6 Å². The summed E-state index contributed by atoms with van der Waals surface area (Å²) in [4.78, 5) is 22.7. The third-order valence-corrected chi connectivity index (χ3v) is 2.69. The van der Waals surface area contributed by atoms with Gasteiger partial charge in [-0.2, -0.15) is 0 Å². The molecule has 104 valence electrons. The van der Waals surface area contributed by atoms with E-state index in [1.807, 2.05) is 0 Å². The van der Waals surface area contributed by atoms with Crippen LogP contribution in [0.5, 0.6) is 0 Å². The second kappa shape index (κ2) is 6.72. The first-order valence-corrected chi connectivity index (χ1v) is 5.83. The van der Waals surface area contributed by atoms with Gasteiger partial charge in [0.25, 0.3) is 0 Å². The van der Waals surface area contributed by atoms with Crippen LogP contribution in [0, 0.1) is 18.7 Å². The molecule has 2 amide bonds. The molecule has 1 rings (SSSR count). The zero-order valence-electron chi connectivity index (χ0n) is 11.1. The van der Waals surface area contributed by atoms with Crippen molar-refractivity contribution in [2.24, 2.45) is 5.92 Å². The molecule has 1 aromatic rings. The number of anilines is 1. The average molecular weight is 268 g/mol. The van der Waals surface area contributed by atoms with Gasteiger partial charge < -0.3 is 15.4 Å². The number of hydrogen-bond donors (Lipinski definition) is 2. The van der Waals surface area contributed by atoms with E-state index in [9.17, 15) is 14.0 Å². The lowest BCUT2D eigenvalue weighted by Gasteiger charge is -2.12. The summed E-state index contributed by atoms with van der Waals surface area (Å²) in [5.74, 6) is -1.23. The Morgan fingerprint density at radius 2 is 2.11 bits per heavy atom. The molecule has 0 saturated carbocycles. The largest absolute Gasteiger partial charge is 0.469 e. The lowest BCUT2D eigenvalue weighted by Crippen LogP contribution is -2.35. The number of hydrogen-bond acceptors (Lipinski definition) is 3. The first-order valence-electron chi connectivity index (χ1n) is 5.83. The van der Waals surface area contributed by atoms with Crippen LogP contribution in [0.4, 0.5) is 14.9 Å². The van der Waals surface area contributed by atoms with Gasteiger partial charge in [-0.1, -0.05) is 13.0 Å². The summed E-state index contributed by atoms with van der Waals surface area (Å²) < 4.78 is 17.8. The lowest BCUT2D eigenvalue weighted by atomic mass is 10.2. The smallest absolute Gasteiger partial charge is 0.319 e. The first kappa shape index (κ1) is 14.9. The number of carbonyl (C=O) groups is 2. The maximum absolute atomic E-state index is 13.3. The highest BCUT2D eigenvalue weighted by molar-refractivity contribution is 5.90. The first-order chi connectivity index (χ1) is 8.95. The Balaban J connectivity index is 2.52. The highest BCUT2D eigenvalue weighted by atomic mass is 19.1. The molecule has 6 heteroatoms. The normalized spacial score (nSPS) is 11.6. The third-order valence-electron chi connectivity index (χ3n) is 2.69. The fourth-order valence-electron chi connectivity index (χ4n) is 1.44. The van der Waals surface area contributed by atoms with E-state index in [1.54, 1.807) is 19.9 Å². The minimum absolute atomic E-state index is 0.146. The van der Waals surface area contributed by atoms with E-state index < -0.39 is 17.9 Å². The molecule has 2 N–H and O–H groups in total. The monoisotopic (exact) mass is 268 g/mol. The van der Waals surface area contributed by atoms with Gasteiger partial charge >= 0.3 is 12.0 Å². The molecule has 0 aliphatic carbocycles. The second-order valence-corrected chi connectivity index (χ2v) is 4.17. The molecule has 0 fully saturated rings. The number of benzene rings is 1. The van der Waals surface area contributed by atoms with Crippen molar-refractivity contribution in [2.45, 2.75) is 13.8 Å². The van der Waals surface area contributed by atoms with Crippen molar-refractivity contribution >= 4 is 17.7 Å². The number of ether oxygens (including phenoxy) is 1. The van der Waals surface area contributed by atoms with Gasteiger partial charge in [0.2, 0.25) is 0 Å². The Kier molecular flexibility index (Phi) is 5.29. The topological polar surface area (TPSA) is 67.4 Å². The summed E-state index contributed by atoms with van der Waals surface area (Å²) in [6.45, 7) is 3.36. The van der Waals surface area contributed by atoms with Crippen molar-refractivity contribution in [3.8, 4) is 0 Å². The van der Waals surface area contributed by atoms with E-state index in [2.05, 4.69) is 15.4 Å². The number of rotatable bonds is 4. The standard InChI is InChI=1S/C13H17FN2O3/c1-8(12(17)19-3)7-15-13(18)16-11-6-4-5-10(14)9(11)2/h4-6,8H,7H2,1-3H3,(H2,15,16,18)/t8-/m0/s1. The van der Waals surface area contributed by atoms with Crippen LogP contribution in [0.1, 0.15) is 12.5 Å². The summed E-state index contributed by atoms with van der Waals surface area (Å²) in [6, 6.07) is 3.93. The van der Waals surface area contributed by atoms with Crippen LogP contribution >= 0.6 is 0 Å². The molecule has 19 heavy (non-hydrogen) atoms. The van der Waals surface area contributed by atoms with Crippen molar-refractivity contribution in [2.75, 3.05) is 19.0 Å². The molecule has 0 bridgehead atoms. The van der Waals surface area contributed by atoms with Gasteiger partial charge in [-0.05, 0) is 19.1 Å². The van der Waals surface area contributed by atoms with Crippen molar-refractivity contribution in [3.63, 3.8) is 0 Å². The number of urea groups is 1. The van der Waals surface area contributed by atoms with Gasteiger partial charge in [-0.15, -0.1) is 0 Å². The molecule has 0 spiro atoms. The lowest BCUT2D eigenvalue weighted by molar-refractivity contribution is -0.144. The zero-order valence-corrected chi connectivity index (χ0v) is 11.1. The second-order valence-electron chi connectivity index (χ2n) is 4.17. The van der Waals surface area contributed by atoms with Gasteiger partial charge in [0.15, 0.2) is 0 Å². The SMILES string of the molecule is COC(=O)[C@@H](C)CNC(=O)Nc1cccc(F)c1C. The molecular weight excluding hydrogens is 251 g/mol. The fraction of sp³-hybridized carbons (Fsp3) is 0.385. The highest BCUT2D eigenvalue weighted by Gasteiger charge is 2.14. The van der Waals surface area contributed by atoms with Crippen LogP contribution < -0.4 is 10.6 Å². The molecule has 0 aromatic heterocycles. The van der Waals surface area contributed by atoms with E-state index in [1.165, 1.54) is 19.2 Å². The Morgan fingerprint density at radius 3 is 2.74 bits per heavy atom. The maximum Gasteiger partial charge on any atom is 0.319 e. The Hall–Kier alpha value is -2.11. The fourth-order valence-corrected chi connectivity index (χ4v) is 1.44. The quantitative estimate of drug-likeness (QED) is 0.821. The summed E-state index contributed by atoms with van der Waals surface area (Å²) >= 11 is 0. The Morgan fingerprint density at radius 1 is 1.42 bits per heavy atom. The van der Waals surface area contributed by atoms with Gasteiger partial charge in [-0.25, -0.2) is 9.18 Å². The summed E-state index contributed by atoms with van der Waals surface area (Å²) in [7, 11) is 1.29. The van der Waals surface area contributed by atoms with Crippen molar-refractivity contribution < 1.29 is 18.7 Å². The van der Waals surface area contributed by atoms with Crippen LogP contribution in [0.15, 0.2) is 18.2 Å². The number of carbonyl (C=O) groups excluding carboxylic acids is 2. The van der Waals surface area contributed by atoms with E-state index in [-0.39, 0.29) is 12.4 Å². The van der Waals surface area contributed by atoms with Gasteiger partial charge in [-0.3, -0.25) is 4.79 Å². The van der Waals surface area contributed by atoms with E-state index in [0.29, 0.717) is 11.3 Å². The minimum atomic E-state index is -0.496. The molecule has 0 aliphatic rings. The number of methoxy groups -OCH3 is 1. The molecule has 0 saturated heterocycles. The predicted molar refractivity (Wildman–Crippen MR) is 69.3 cm³/mol. The zero-order chi connectivity index (χ0) is 14.4. The van der Waals surface area contributed by atoms with Gasteiger partial charge in [0, 0.05) is 17.8 Å². The number of nitrogens with one attached hydrogen (secondary N) is 2. The molecular formula is C13H17FN2O3. The summed E-state index contributed by atoms with van der Waals surface area (Å²) in [5.41, 5.74) is 0.752. The van der Waals surface area contributed by atoms with Gasteiger partial charge in [0.05, 0.1) is 13.0 Å².